The predicted octanol–water partition coefficient (Wildman–Crippen LogP) is 2.79. The second-order valence-electron chi connectivity index (χ2n) is 6.34. The van der Waals surface area contributed by atoms with Gasteiger partial charge in [-0.05, 0) is 37.6 Å². The van der Waals surface area contributed by atoms with E-state index in [2.05, 4.69) is 0 Å². The van der Waals surface area contributed by atoms with Gasteiger partial charge in [-0.25, -0.2) is 0 Å². The SMILES string of the molecule is CCC(C)N(CC(=O)N(Cc1ccco1)Cc1cccn1C)C(C)=O. The van der Waals surface area contributed by atoms with Crippen LogP contribution in [0.3, 0.4) is 0 Å². The van der Waals surface area contributed by atoms with Gasteiger partial charge in [-0.2, -0.15) is 0 Å². The summed E-state index contributed by atoms with van der Waals surface area (Å²) in [6.45, 7) is 6.40. The highest BCUT2D eigenvalue weighted by molar-refractivity contribution is 5.84. The minimum Gasteiger partial charge on any atom is -0.467 e. The Bertz CT molecular complexity index is 691. The molecule has 136 valence electrons. The molecule has 0 saturated carbocycles. The van der Waals surface area contributed by atoms with Crippen molar-refractivity contribution in [1.29, 1.82) is 0 Å². The van der Waals surface area contributed by atoms with Gasteiger partial charge < -0.3 is 18.8 Å². The van der Waals surface area contributed by atoms with Crippen LogP contribution in [0, 0.1) is 0 Å². The van der Waals surface area contributed by atoms with Gasteiger partial charge >= 0.3 is 0 Å². The van der Waals surface area contributed by atoms with Crippen molar-refractivity contribution in [3.05, 3.63) is 48.2 Å². The van der Waals surface area contributed by atoms with Gasteiger partial charge in [0, 0.05) is 31.9 Å². The summed E-state index contributed by atoms with van der Waals surface area (Å²) in [6.07, 6.45) is 4.36. The summed E-state index contributed by atoms with van der Waals surface area (Å²) in [6, 6.07) is 7.62. The molecule has 0 radical (unpaired) electrons. The van der Waals surface area contributed by atoms with Crippen LogP contribution >= 0.6 is 0 Å². The molecule has 6 heteroatoms. The van der Waals surface area contributed by atoms with Crippen molar-refractivity contribution in [2.24, 2.45) is 7.05 Å². The molecule has 0 saturated heterocycles. The Balaban J connectivity index is 2.16. The number of carbonyl (C=O) groups is 2. The minimum atomic E-state index is -0.0897. The molecule has 0 fully saturated rings. The van der Waals surface area contributed by atoms with Crippen LogP contribution in [0.25, 0.3) is 0 Å². The van der Waals surface area contributed by atoms with Crippen molar-refractivity contribution in [2.45, 2.75) is 46.3 Å². The maximum atomic E-state index is 12.9. The van der Waals surface area contributed by atoms with E-state index in [1.165, 1.54) is 6.92 Å². The zero-order valence-corrected chi connectivity index (χ0v) is 15.4. The molecule has 2 rings (SSSR count). The Morgan fingerprint density at radius 3 is 2.52 bits per heavy atom. The number of hydrogen-bond donors (Lipinski definition) is 0. The fourth-order valence-corrected chi connectivity index (χ4v) is 2.72. The van der Waals surface area contributed by atoms with Crippen molar-refractivity contribution < 1.29 is 14.0 Å². The molecule has 0 aromatic carbocycles. The lowest BCUT2D eigenvalue weighted by molar-refractivity contribution is -0.142. The molecule has 0 aliphatic heterocycles. The fourth-order valence-electron chi connectivity index (χ4n) is 2.72. The topological polar surface area (TPSA) is 58.7 Å². The maximum absolute atomic E-state index is 12.9. The quantitative estimate of drug-likeness (QED) is 0.739. The van der Waals surface area contributed by atoms with E-state index in [4.69, 9.17) is 4.42 Å². The number of carbonyl (C=O) groups excluding carboxylic acids is 2. The van der Waals surface area contributed by atoms with Gasteiger partial charge in [0.1, 0.15) is 12.3 Å². The Labute approximate surface area is 149 Å². The van der Waals surface area contributed by atoms with Gasteiger partial charge in [-0.15, -0.1) is 0 Å². The molecule has 0 aliphatic carbocycles. The average Bonchev–Trinajstić information content (AvgIpc) is 3.23. The van der Waals surface area contributed by atoms with E-state index in [1.54, 1.807) is 16.1 Å². The molecule has 1 atom stereocenters. The Hall–Kier alpha value is -2.50. The molecule has 2 aromatic rings. The normalized spacial score (nSPS) is 12.0. The van der Waals surface area contributed by atoms with Gasteiger partial charge in [0.25, 0.3) is 0 Å². The number of aryl methyl sites for hydroxylation is 1. The van der Waals surface area contributed by atoms with E-state index in [-0.39, 0.29) is 24.4 Å². The van der Waals surface area contributed by atoms with Crippen molar-refractivity contribution >= 4 is 11.8 Å². The van der Waals surface area contributed by atoms with Gasteiger partial charge in [-0.3, -0.25) is 9.59 Å². The summed E-state index contributed by atoms with van der Waals surface area (Å²) < 4.78 is 7.39. The molecule has 6 nitrogen and oxygen atoms in total. The molecule has 0 bridgehead atoms. The lowest BCUT2D eigenvalue weighted by Gasteiger charge is -2.30. The smallest absolute Gasteiger partial charge is 0.242 e. The highest BCUT2D eigenvalue weighted by Gasteiger charge is 2.23. The first kappa shape index (κ1) is 18.8. The summed E-state index contributed by atoms with van der Waals surface area (Å²) in [4.78, 5) is 28.2. The molecular weight excluding hydrogens is 318 g/mol. The zero-order chi connectivity index (χ0) is 18.4. The predicted molar refractivity (Wildman–Crippen MR) is 95.5 cm³/mol. The van der Waals surface area contributed by atoms with E-state index in [0.717, 1.165) is 17.9 Å². The van der Waals surface area contributed by atoms with Crippen LogP contribution in [0.5, 0.6) is 0 Å². The van der Waals surface area contributed by atoms with Crippen molar-refractivity contribution in [3.8, 4) is 0 Å². The van der Waals surface area contributed by atoms with Gasteiger partial charge in [-0.1, -0.05) is 6.92 Å². The number of rotatable bonds is 8. The van der Waals surface area contributed by atoms with Crippen LogP contribution in [0.4, 0.5) is 0 Å². The van der Waals surface area contributed by atoms with E-state index in [0.29, 0.717) is 13.1 Å². The number of aromatic nitrogens is 1. The number of hydrogen-bond acceptors (Lipinski definition) is 3. The average molecular weight is 345 g/mol. The van der Waals surface area contributed by atoms with Crippen molar-refractivity contribution in [3.63, 3.8) is 0 Å². The van der Waals surface area contributed by atoms with Gasteiger partial charge in [0.15, 0.2) is 0 Å². The third-order valence-corrected chi connectivity index (χ3v) is 4.52. The molecule has 2 aromatic heterocycles. The molecule has 2 amide bonds. The van der Waals surface area contributed by atoms with E-state index in [9.17, 15) is 9.59 Å². The Morgan fingerprint density at radius 2 is 2.00 bits per heavy atom. The van der Waals surface area contributed by atoms with Crippen molar-refractivity contribution in [1.82, 2.24) is 14.4 Å². The molecule has 0 spiro atoms. The first-order chi connectivity index (χ1) is 11.9. The minimum absolute atomic E-state index is 0.0296. The Morgan fingerprint density at radius 1 is 1.24 bits per heavy atom. The van der Waals surface area contributed by atoms with E-state index in [1.807, 2.05) is 55.9 Å². The second-order valence-corrected chi connectivity index (χ2v) is 6.34. The third kappa shape index (κ3) is 4.98. The molecular formula is C19H27N3O3. The summed E-state index contributed by atoms with van der Waals surface area (Å²) in [5, 5.41) is 0. The highest BCUT2D eigenvalue weighted by Crippen LogP contribution is 2.13. The molecule has 1 unspecified atom stereocenters. The monoisotopic (exact) mass is 345 g/mol. The van der Waals surface area contributed by atoms with E-state index < -0.39 is 0 Å². The standard InChI is InChI=1S/C19H27N3O3/c1-5-15(2)22(16(3)23)14-19(24)21(13-18-9-7-11-25-18)12-17-8-6-10-20(17)4/h6-11,15H,5,12-14H2,1-4H3. The number of nitrogens with zero attached hydrogens (tertiary/aromatic N) is 3. The van der Waals surface area contributed by atoms with Crippen LogP contribution in [-0.2, 0) is 29.7 Å². The van der Waals surface area contributed by atoms with E-state index >= 15 is 0 Å². The van der Waals surface area contributed by atoms with Gasteiger partial charge in [0.05, 0.1) is 19.4 Å². The lowest BCUT2D eigenvalue weighted by Crippen LogP contribution is -2.45. The number of amides is 2. The fraction of sp³-hybridized carbons (Fsp3) is 0.474. The number of furan rings is 1. The van der Waals surface area contributed by atoms with Crippen molar-refractivity contribution in [2.75, 3.05) is 6.54 Å². The lowest BCUT2D eigenvalue weighted by atomic mass is 10.2. The van der Waals surface area contributed by atoms with Crippen LogP contribution in [0.2, 0.25) is 0 Å². The largest absolute Gasteiger partial charge is 0.467 e. The van der Waals surface area contributed by atoms with Crippen LogP contribution in [0.15, 0.2) is 41.1 Å². The summed E-state index contributed by atoms with van der Waals surface area (Å²) in [7, 11) is 1.95. The third-order valence-electron chi connectivity index (χ3n) is 4.52. The first-order valence-corrected chi connectivity index (χ1v) is 8.60. The molecule has 25 heavy (non-hydrogen) atoms. The summed E-state index contributed by atoms with van der Waals surface area (Å²) in [5.74, 6) is 0.549. The van der Waals surface area contributed by atoms with Crippen LogP contribution in [-0.4, -0.2) is 38.8 Å². The molecule has 0 N–H and O–H groups in total. The Kier molecular flexibility index (Phi) is 6.44. The highest BCUT2D eigenvalue weighted by atomic mass is 16.3. The molecule has 0 aliphatic rings. The molecule has 2 heterocycles. The van der Waals surface area contributed by atoms with Crippen LogP contribution < -0.4 is 0 Å². The zero-order valence-electron chi connectivity index (χ0n) is 15.4. The summed E-state index contributed by atoms with van der Waals surface area (Å²) >= 11 is 0. The van der Waals surface area contributed by atoms with Gasteiger partial charge in [0.2, 0.25) is 11.8 Å². The maximum Gasteiger partial charge on any atom is 0.242 e. The second kappa shape index (κ2) is 8.55. The first-order valence-electron chi connectivity index (χ1n) is 8.60. The van der Waals surface area contributed by atoms with Crippen LogP contribution in [0.1, 0.15) is 38.6 Å². The summed E-state index contributed by atoms with van der Waals surface area (Å²) in [5.41, 5.74) is 1.03.